The van der Waals surface area contributed by atoms with Gasteiger partial charge in [-0.15, -0.1) is 0 Å². The molecule has 0 aliphatic rings. The number of aliphatic imine (C=N–C) groups is 1. The number of rotatable bonds is 7. The molecule has 0 aliphatic heterocycles. The van der Waals surface area contributed by atoms with Crippen molar-refractivity contribution in [3.8, 4) is 0 Å². The van der Waals surface area contributed by atoms with E-state index < -0.39 is 0 Å². The second kappa shape index (κ2) is 8.41. The van der Waals surface area contributed by atoms with E-state index in [4.69, 9.17) is 4.99 Å². The van der Waals surface area contributed by atoms with E-state index in [0.29, 0.717) is 0 Å². The van der Waals surface area contributed by atoms with Crippen molar-refractivity contribution >= 4 is 11.4 Å². The van der Waals surface area contributed by atoms with E-state index >= 15 is 0 Å². The molecule has 21 heavy (non-hydrogen) atoms. The predicted molar refractivity (Wildman–Crippen MR) is 92.6 cm³/mol. The van der Waals surface area contributed by atoms with Crippen LogP contribution in [0.5, 0.6) is 0 Å². The van der Waals surface area contributed by atoms with Crippen LogP contribution in [0.3, 0.4) is 0 Å². The first-order valence-corrected chi connectivity index (χ1v) is 8.00. The highest BCUT2D eigenvalue weighted by Crippen LogP contribution is 2.21. The molecular formula is C20H25N. The van der Waals surface area contributed by atoms with Gasteiger partial charge < -0.3 is 0 Å². The van der Waals surface area contributed by atoms with Gasteiger partial charge in [-0.1, -0.05) is 74.7 Å². The lowest BCUT2D eigenvalue weighted by atomic mass is 10.0. The van der Waals surface area contributed by atoms with Crippen molar-refractivity contribution in [3.05, 3.63) is 65.7 Å². The number of aryl methyl sites for hydroxylation is 1. The van der Waals surface area contributed by atoms with Gasteiger partial charge in [-0.25, -0.2) is 0 Å². The minimum atomic E-state index is 1.05. The lowest BCUT2D eigenvalue weighted by Gasteiger charge is -2.08. The summed E-state index contributed by atoms with van der Waals surface area (Å²) in [6.07, 6.45) is 6.14. The van der Waals surface area contributed by atoms with E-state index in [0.717, 1.165) is 12.1 Å². The fraction of sp³-hybridized carbons (Fsp3) is 0.350. The summed E-state index contributed by atoms with van der Waals surface area (Å²) < 4.78 is 0. The van der Waals surface area contributed by atoms with E-state index in [1.165, 1.54) is 42.5 Å². The first-order chi connectivity index (χ1) is 10.3. The van der Waals surface area contributed by atoms with Gasteiger partial charge in [-0.05, 0) is 37.0 Å². The van der Waals surface area contributed by atoms with Gasteiger partial charge in [0, 0.05) is 5.71 Å². The number of nitrogens with zero attached hydrogens (tertiary/aromatic N) is 1. The van der Waals surface area contributed by atoms with Crippen molar-refractivity contribution in [2.24, 2.45) is 4.99 Å². The van der Waals surface area contributed by atoms with Crippen LogP contribution < -0.4 is 0 Å². The van der Waals surface area contributed by atoms with E-state index in [9.17, 15) is 0 Å². The van der Waals surface area contributed by atoms with Crippen molar-refractivity contribution < 1.29 is 0 Å². The first-order valence-electron chi connectivity index (χ1n) is 8.00. The largest absolute Gasteiger partial charge is 0.253 e. The average molecular weight is 279 g/mol. The molecule has 0 bridgehead atoms. The molecule has 110 valence electrons. The third kappa shape index (κ3) is 4.86. The fourth-order valence-corrected chi connectivity index (χ4v) is 2.45. The summed E-state index contributed by atoms with van der Waals surface area (Å²) in [6.45, 7) is 4.37. The van der Waals surface area contributed by atoms with Crippen molar-refractivity contribution in [1.82, 2.24) is 0 Å². The molecule has 1 heteroatoms. The third-order valence-corrected chi connectivity index (χ3v) is 3.75. The van der Waals surface area contributed by atoms with E-state index in [1.807, 2.05) is 0 Å². The summed E-state index contributed by atoms with van der Waals surface area (Å²) in [5.74, 6) is 0. The summed E-state index contributed by atoms with van der Waals surface area (Å²) in [6, 6.07) is 18.9. The Morgan fingerprint density at radius 1 is 0.857 bits per heavy atom. The normalized spacial score (nSPS) is 11.6. The summed E-state index contributed by atoms with van der Waals surface area (Å²) in [7, 11) is 0. The Balaban J connectivity index is 2.21. The molecule has 0 atom stereocenters. The molecule has 0 aromatic heterocycles. The molecule has 0 N–H and O–H groups in total. The number of hydrogen-bond acceptors (Lipinski definition) is 1. The molecule has 1 nitrogen and oxygen atoms in total. The Kier molecular flexibility index (Phi) is 6.21. The van der Waals surface area contributed by atoms with E-state index in [1.54, 1.807) is 0 Å². The quantitative estimate of drug-likeness (QED) is 0.430. The average Bonchev–Trinajstić information content (AvgIpc) is 2.53. The van der Waals surface area contributed by atoms with Crippen molar-refractivity contribution in [1.29, 1.82) is 0 Å². The Bertz CT molecular complexity index is 569. The molecule has 2 aromatic carbocycles. The molecule has 0 saturated heterocycles. The Hall–Kier alpha value is -1.89. The molecule has 2 rings (SSSR count). The van der Waals surface area contributed by atoms with Crippen molar-refractivity contribution in [2.45, 2.75) is 46.0 Å². The highest BCUT2D eigenvalue weighted by Gasteiger charge is 2.05. The molecule has 0 spiro atoms. The lowest BCUT2D eigenvalue weighted by molar-refractivity contribution is 0.683. The van der Waals surface area contributed by atoms with Crippen LogP contribution in [0.15, 0.2) is 59.6 Å². The zero-order valence-corrected chi connectivity index (χ0v) is 13.2. The molecular weight excluding hydrogens is 254 g/mol. The van der Waals surface area contributed by atoms with Crippen LogP contribution in [0, 0.1) is 6.92 Å². The minimum absolute atomic E-state index is 1.05. The van der Waals surface area contributed by atoms with Gasteiger partial charge in [0.2, 0.25) is 0 Å². The number of unbranched alkanes of at least 4 members (excludes halogenated alkanes) is 3. The Morgan fingerprint density at radius 2 is 1.57 bits per heavy atom. The maximum atomic E-state index is 4.94. The topological polar surface area (TPSA) is 12.4 Å². The van der Waals surface area contributed by atoms with Crippen LogP contribution in [-0.2, 0) is 0 Å². The molecule has 0 aliphatic carbocycles. The smallest absolute Gasteiger partial charge is 0.0662 e. The maximum Gasteiger partial charge on any atom is 0.0662 e. The highest BCUT2D eigenvalue weighted by molar-refractivity contribution is 6.02. The van der Waals surface area contributed by atoms with Crippen LogP contribution in [0.25, 0.3) is 0 Å². The molecule has 0 unspecified atom stereocenters. The number of para-hydroxylation sites is 1. The summed E-state index contributed by atoms with van der Waals surface area (Å²) in [5, 5.41) is 0. The van der Waals surface area contributed by atoms with Gasteiger partial charge in [0.25, 0.3) is 0 Å². The molecule has 2 aromatic rings. The van der Waals surface area contributed by atoms with Gasteiger partial charge in [-0.2, -0.15) is 0 Å². The highest BCUT2D eigenvalue weighted by atomic mass is 14.7. The number of benzene rings is 2. The molecule has 0 heterocycles. The van der Waals surface area contributed by atoms with Gasteiger partial charge in [0.05, 0.1) is 5.69 Å². The zero-order valence-electron chi connectivity index (χ0n) is 13.2. The SMILES string of the molecule is CCCCCCC(=Nc1ccccc1C)c1ccccc1. The van der Waals surface area contributed by atoms with Gasteiger partial charge >= 0.3 is 0 Å². The van der Waals surface area contributed by atoms with Crippen LogP contribution in [-0.4, -0.2) is 5.71 Å². The monoisotopic (exact) mass is 279 g/mol. The Labute approximate surface area is 128 Å². The fourth-order valence-electron chi connectivity index (χ4n) is 2.45. The standard InChI is InChI=1S/C20H25N/c1-3-4-5-9-16-20(18-13-7-6-8-14-18)21-19-15-11-10-12-17(19)2/h6-8,10-15H,3-5,9,16H2,1-2H3. The molecule has 0 saturated carbocycles. The van der Waals surface area contributed by atoms with Crippen molar-refractivity contribution in [2.75, 3.05) is 0 Å². The molecule has 0 fully saturated rings. The third-order valence-electron chi connectivity index (χ3n) is 3.75. The van der Waals surface area contributed by atoms with Gasteiger partial charge in [-0.3, -0.25) is 4.99 Å². The van der Waals surface area contributed by atoms with Gasteiger partial charge in [0.15, 0.2) is 0 Å². The second-order valence-corrected chi connectivity index (χ2v) is 5.52. The Morgan fingerprint density at radius 3 is 2.29 bits per heavy atom. The summed E-state index contributed by atoms with van der Waals surface area (Å²) >= 11 is 0. The first kappa shape index (κ1) is 15.5. The minimum Gasteiger partial charge on any atom is -0.253 e. The van der Waals surface area contributed by atoms with Crippen LogP contribution in [0.1, 0.15) is 50.2 Å². The van der Waals surface area contributed by atoms with Crippen LogP contribution in [0.2, 0.25) is 0 Å². The summed E-state index contributed by atoms with van der Waals surface area (Å²) in [5.41, 5.74) is 4.78. The van der Waals surface area contributed by atoms with Crippen molar-refractivity contribution in [3.63, 3.8) is 0 Å². The van der Waals surface area contributed by atoms with Gasteiger partial charge in [0.1, 0.15) is 0 Å². The molecule has 0 radical (unpaired) electrons. The molecule has 0 amide bonds. The maximum absolute atomic E-state index is 4.94. The number of hydrogen-bond donors (Lipinski definition) is 0. The lowest BCUT2D eigenvalue weighted by Crippen LogP contribution is -2.01. The van der Waals surface area contributed by atoms with E-state index in [-0.39, 0.29) is 0 Å². The van der Waals surface area contributed by atoms with Crippen LogP contribution in [0.4, 0.5) is 5.69 Å². The van der Waals surface area contributed by atoms with E-state index in [2.05, 4.69) is 68.4 Å². The second-order valence-electron chi connectivity index (χ2n) is 5.52. The van der Waals surface area contributed by atoms with Crippen LogP contribution >= 0.6 is 0 Å². The zero-order chi connectivity index (χ0) is 14.9. The summed E-state index contributed by atoms with van der Waals surface area (Å²) in [4.78, 5) is 4.94. The predicted octanol–water partition coefficient (Wildman–Crippen LogP) is 6.09.